The van der Waals surface area contributed by atoms with Crippen LogP contribution in [0.3, 0.4) is 0 Å². The van der Waals surface area contributed by atoms with E-state index in [4.69, 9.17) is 0 Å². The molecule has 1 aliphatic heterocycles. The Morgan fingerprint density at radius 1 is 0.972 bits per heavy atom. The zero-order valence-corrected chi connectivity index (χ0v) is 21.0. The number of fused-ring (bicyclic) bond motifs is 1. The number of nitrogens with zero attached hydrogens (tertiary/aromatic N) is 6. The number of aromatic amines is 1. The lowest BCUT2D eigenvalue weighted by Crippen LogP contribution is -2.49. The lowest BCUT2D eigenvalue weighted by atomic mass is 9.99. The van der Waals surface area contributed by atoms with E-state index in [0.717, 1.165) is 72.4 Å². The van der Waals surface area contributed by atoms with E-state index < -0.39 is 0 Å². The molecule has 1 aliphatic carbocycles. The number of hydrogen-bond donors (Lipinski definition) is 1. The zero-order chi connectivity index (χ0) is 24.6. The van der Waals surface area contributed by atoms with Gasteiger partial charge in [-0.1, -0.05) is 37.1 Å². The van der Waals surface area contributed by atoms with E-state index in [1.165, 1.54) is 18.5 Å². The van der Waals surface area contributed by atoms with Crippen LogP contribution in [0.2, 0.25) is 0 Å². The number of pyridine rings is 1. The van der Waals surface area contributed by atoms with Crippen molar-refractivity contribution in [2.24, 2.45) is 0 Å². The summed E-state index contributed by atoms with van der Waals surface area (Å²) in [6, 6.07) is 16.8. The summed E-state index contributed by atoms with van der Waals surface area (Å²) in [5.74, 6) is 0.782. The third kappa shape index (κ3) is 4.19. The Morgan fingerprint density at radius 3 is 2.47 bits per heavy atom. The molecule has 1 saturated heterocycles. The molecule has 0 amide bonds. The number of anilines is 1. The van der Waals surface area contributed by atoms with Crippen LogP contribution in [-0.2, 0) is 0 Å². The molecule has 3 heterocycles. The lowest BCUT2D eigenvalue weighted by molar-refractivity contribution is 0.197. The fourth-order valence-electron chi connectivity index (χ4n) is 6.06. The largest absolute Gasteiger partial charge is 0.369 e. The Kier molecular flexibility index (Phi) is 6.05. The number of aromatic nitrogens is 5. The van der Waals surface area contributed by atoms with Crippen molar-refractivity contribution in [2.45, 2.75) is 51.6 Å². The Bertz CT molecular complexity index is 1410. The van der Waals surface area contributed by atoms with Crippen LogP contribution in [-0.4, -0.2) is 56.3 Å². The molecular weight excluding hydrogens is 450 g/mol. The van der Waals surface area contributed by atoms with Crippen LogP contribution >= 0.6 is 0 Å². The van der Waals surface area contributed by atoms with Crippen molar-refractivity contribution >= 4 is 16.6 Å². The molecular formula is C28H33N7O. The second-order valence-electron chi connectivity index (χ2n) is 10.3. The molecule has 6 rings (SSSR count). The normalized spacial score (nSPS) is 18.2. The first-order chi connectivity index (χ1) is 17.6. The minimum atomic E-state index is -0.299. The molecule has 8 nitrogen and oxygen atoms in total. The molecule has 0 bridgehead atoms. The topological polar surface area (TPSA) is 82.9 Å². The summed E-state index contributed by atoms with van der Waals surface area (Å²) in [5, 5.41) is 14.1. The molecule has 1 N–H and O–H groups in total. The maximum atomic E-state index is 13.6. The van der Waals surface area contributed by atoms with E-state index in [9.17, 15) is 4.79 Å². The predicted octanol–water partition coefficient (Wildman–Crippen LogP) is 4.16. The highest BCUT2D eigenvalue weighted by Crippen LogP contribution is 2.34. The van der Waals surface area contributed by atoms with Crippen molar-refractivity contribution in [1.82, 2.24) is 30.1 Å². The molecule has 0 unspecified atom stereocenters. The Morgan fingerprint density at radius 2 is 1.72 bits per heavy atom. The van der Waals surface area contributed by atoms with Gasteiger partial charge in [-0.25, -0.2) is 4.68 Å². The number of rotatable bonds is 5. The number of benzene rings is 2. The first-order valence-electron chi connectivity index (χ1n) is 13.0. The quantitative estimate of drug-likeness (QED) is 0.459. The average molecular weight is 484 g/mol. The van der Waals surface area contributed by atoms with Crippen molar-refractivity contribution in [1.29, 1.82) is 0 Å². The molecule has 1 saturated carbocycles. The maximum Gasteiger partial charge on any atom is 0.253 e. The minimum Gasteiger partial charge on any atom is -0.369 e. The standard InChI is InChI=1S/C28H33N7O/c1-19-16-20(2)23-18-24(28(36)29-25(23)17-19)26(27-30-31-32-35(27)22-10-6-7-11-22)34-14-12-33(13-15-34)21-8-4-3-5-9-21/h3-5,8-9,16-18,22,26H,6-7,10-15H2,1-2H3,(H,29,36)/t26-/m1/s1. The van der Waals surface area contributed by atoms with Gasteiger partial charge in [-0.3, -0.25) is 9.69 Å². The van der Waals surface area contributed by atoms with E-state index in [0.29, 0.717) is 6.04 Å². The second kappa shape index (κ2) is 9.50. The number of piperazine rings is 1. The van der Waals surface area contributed by atoms with E-state index in [1.807, 2.05) is 16.8 Å². The van der Waals surface area contributed by atoms with E-state index >= 15 is 0 Å². The first kappa shape index (κ1) is 22.9. The van der Waals surface area contributed by atoms with Gasteiger partial charge in [-0.05, 0) is 72.5 Å². The summed E-state index contributed by atoms with van der Waals surface area (Å²) in [4.78, 5) is 21.6. The summed E-state index contributed by atoms with van der Waals surface area (Å²) in [7, 11) is 0. The van der Waals surface area contributed by atoms with Crippen LogP contribution in [0.5, 0.6) is 0 Å². The van der Waals surface area contributed by atoms with Gasteiger partial charge >= 0.3 is 0 Å². The molecule has 4 aromatic rings. The fraction of sp³-hybridized carbons (Fsp3) is 0.429. The van der Waals surface area contributed by atoms with Gasteiger partial charge in [0, 0.05) is 48.3 Å². The molecule has 36 heavy (non-hydrogen) atoms. The van der Waals surface area contributed by atoms with Crippen LogP contribution in [0.15, 0.2) is 53.3 Å². The van der Waals surface area contributed by atoms with Crippen LogP contribution in [0.1, 0.15) is 60.3 Å². The van der Waals surface area contributed by atoms with Gasteiger partial charge in [0.2, 0.25) is 0 Å². The van der Waals surface area contributed by atoms with Crippen LogP contribution in [0, 0.1) is 13.8 Å². The van der Waals surface area contributed by atoms with Gasteiger partial charge in [0.1, 0.15) is 6.04 Å². The molecule has 2 fully saturated rings. The number of aryl methyl sites for hydroxylation is 2. The van der Waals surface area contributed by atoms with Crippen LogP contribution < -0.4 is 10.5 Å². The molecule has 2 aliphatic rings. The first-order valence-corrected chi connectivity index (χ1v) is 13.0. The monoisotopic (exact) mass is 483 g/mol. The van der Waals surface area contributed by atoms with Crippen molar-refractivity contribution in [3.63, 3.8) is 0 Å². The van der Waals surface area contributed by atoms with Gasteiger partial charge in [-0.15, -0.1) is 5.10 Å². The highest BCUT2D eigenvalue weighted by Gasteiger charge is 2.34. The Balaban J connectivity index is 1.42. The average Bonchev–Trinajstić information content (AvgIpc) is 3.58. The summed E-state index contributed by atoms with van der Waals surface area (Å²) >= 11 is 0. The van der Waals surface area contributed by atoms with Gasteiger partial charge in [0.25, 0.3) is 5.56 Å². The maximum absolute atomic E-state index is 13.6. The number of hydrogen-bond acceptors (Lipinski definition) is 6. The molecule has 0 radical (unpaired) electrons. The van der Waals surface area contributed by atoms with Crippen molar-refractivity contribution in [3.8, 4) is 0 Å². The number of H-pyrrole nitrogens is 1. The molecule has 186 valence electrons. The summed E-state index contributed by atoms with van der Waals surface area (Å²) < 4.78 is 2.01. The highest BCUT2D eigenvalue weighted by molar-refractivity contribution is 5.83. The van der Waals surface area contributed by atoms with Gasteiger partial charge in [0.15, 0.2) is 5.82 Å². The summed E-state index contributed by atoms with van der Waals surface area (Å²) in [6.07, 6.45) is 4.55. The van der Waals surface area contributed by atoms with E-state index in [2.05, 4.69) is 80.6 Å². The van der Waals surface area contributed by atoms with E-state index in [-0.39, 0.29) is 11.6 Å². The van der Waals surface area contributed by atoms with Crippen molar-refractivity contribution in [3.05, 3.63) is 81.4 Å². The number of para-hydroxylation sites is 1. The van der Waals surface area contributed by atoms with Gasteiger partial charge in [0.05, 0.1) is 6.04 Å². The third-order valence-corrected chi connectivity index (χ3v) is 7.87. The molecule has 1 atom stereocenters. The van der Waals surface area contributed by atoms with Crippen molar-refractivity contribution in [2.75, 3.05) is 31.1 Å². The molecule has 2 aromatic heterocycles. The molecule has 2 aromatic carbocycles. The minimum absolute atomic E-state index is 0.0658. The van der Waals surface area contributed by atoms with Crippen molar-refractivity contribution < 1.29 is 0 Å². The summed E-state index contributed by atoms with van der Waals surface area (Å²) in [6.45, 7) is 7.57. The number of tetrazole rings is 1. The van der Waals surface area contributed by atoms with Crippen LogP contribution in [0.25, 0.3) is 10.9 Å². The van der Waals surface area contributed by atoms with Gasteiger partial charge < -0.3 is 9.88 Å². The number of nitrogens with one attached hydrogen (secondary N) is 1. The lowest BCUT2D eigenvalue weighted by Gasteiger charge is -2.39. The van der Waals surface area contributed by atoms with Gasteiger partial charge in [-0.2, -0.15) is 0 Å². The Labute approximate surface area is 210 Å². The SMILES string of the molecule is Cc1cc(C)c2cc([C@H](c3nnnn3C3CCCC3)N3CCN(c4ccccc4)CC3)c(=O)[nH]c2c1. The third-order valence-electron chi connectivity index (χ3n) is 7.87. The fourth-order valence-corrected chi connectivity index (χ4v) is 6.06. The summed E-state index contributed by atoms with van der Waals surface area (Å²) in [5.41, 5.74) is 5.07. The van der Waals surface area contributed by atoms with E-state index in [1.54, 1.807) is 0 Å². The van der Waals surface area contributed by atoms with Crippen LogP contribution in [0.4, 0.5) is 5.69 Å². The highest BCUT2D eigenvalue weighted by atomic mass is 16.1. The molecule has 8 heteroatoms. The smallest absolute Gasteiger partial charge is 0.253 e. The Hall–Kier alpha value is -3.52. The molecule has 0 spiro atoms. The predicted molar refractivity (Wildman–Crippen MR) is 141 cm³/mol. The second-order valence-corrected chi connectivity index (χ2v) is 10.3. The zero-order valence-electron chi connectivity index (χ0n) is 21.0.